The highest BCUT2D eigenvalue weighted by molar-refractivity contribution is 7.12. The number of ketones is 1. The number of rotatable bonds is 2. The van der Waals surface area contributed by atoms with Gasteiger partial charge >= 0.3 is 0 Å². The number of fused-ring (bicyclic) bond motifs is 7. The Hall–Kier alpha value is -3.29. The van der Waals surface area contributed by atoms with Crippen LogP contribution in [0.1, 0.15) is 39.2 Å². The Balaban J connectivity index is 1.62. The third-order valence-corrected chi connectivity index (χ3v) is 9.18. The molecule has 2 aromatic carbocycles. The van der Waals surface area contributed by atoms with Gasteiger partial charge in [-0.05, 0) is 55.5 Å². The molecule has 0 radical (unpaired) electrons. The van der Waals surface area contributed by atoms with Crippen LogP contribution in [0.2, 0.25) is 0 Å². The van der Waals surface area contributed by atoms with Gasteiger partial charge in [0, 0.05) is 23.0 Å². The highest BCUT2D eigenvalue weighted by Gasteiger charge is 2.81. The van der Waals surface area contributed by atoms with E-state index in [1.807, 2.05) is 66.9 Å². The molecule has 3 aromatic rings. The zero-order chi connectivity index (χ0) is 23.2. The smallest absolute Gasteiger partial charge is 0.251 e. The van der Waals surface area contributed by atoms with E-state index >= 15 is 0 Å². The average molecular weight is 470 g/mol. The van der Waals surface area contributed by atoms with Crippen molar-refractivity contribution in [2.45, 2.75) is 36.8 Å². The zero-order valence-electron chi connectivity index (χ0n) is 18.6. The second-order valence-corrected chi connectivity index (χ2v) is 10.7. The van der Waals surface area contributed by atoms with Crippen LogP contribution in [0, 0.1) is 12.8 Å². The van der Waals surface area contributed by atoms with E-state index in [-0.39, 0.29) is 23.6 Å². The monoisotopic (exact) mass is 469 g/mol. The molecule has 170 valence electrons. The maximum Gasteiger partial charge on any atom is 0.251 e. The fraction of sp³-hybridized carbons (Fsp3) is 0.296. The third kappa shape index (κ3) is 2.09. The standard InChI is InChI=1S/C27H23N3O3S/c1-15-10-11-19-17(14-15)27(25(33)29-19)26(16-6-2-3-7-18(16)28-24(26)32)22(20-8-4-12-30(20)27)23(31)21-9-5-13-34-21/h2-3,5-7,9-11,13-14,20,22H,4,8,12H2,1H3,(H,28,32)(H,29,33)/t20-,22-,26-,27+/m0/s1. The molecule has 4 aliphatic heterocycles. The summed E-state index contributed by atoms with van der Waals surface area (Å²) in [4.78, 5) is 45.6. The first-order valence-corrected chi connectivity index (χ1v) is 12.6. The van der Waals surface area contributed by atoms with Gasteiger partial charge in [0.05, 0.1) is 10.8 Å². The lowest BCUT2D eigenvalue weighted by Gasteiger charge is -2.43. The molecule has 6 nitrogen and oxygen atoms in total. The van der Waals surface area contributed by atoms with Gasteiger partial charge in [-0.2, -0.15) is 0 Å². The number of carbonyl (C=O) groups excluding carboxylic acids is 3. The van der Waals surface area contributed by atoms with Crippen LogP contribution in [0.25, 0.3) is 0 Å². The van der Waals surface area contributed by atoms with Crippen molar-refractivity contribution < 1.29 is 14.4 Å². The molecule has 7 rings (SSSR count). The fourth-order valence-electron chi connectivity index (χ4n) is 7.26. The van der Waals surface area contributed by atoms with Gasteiger partial charge in [0.15, 0.2) is 5.78 Å². The molecule has 0 bridgehead atoms. The van der Waals surface area contributed by atoms with Gasteiger partial charge in [0.1, 0.15) is 11.0 Å². The number of anilines is 2. The van der Waals surface area contributed by atoms with E-state index in [1.54, 1.807) is 0 Å². The number of aryl methyl sites for hydroxylation is 1. The quantitative estimate of drug-likeness (QED) is 0.555. The Morgan fingerprint density at radius 2 is 1.79 bits per heavy atom. The van der Waals surface area contributed by atoms with Gasteiger partial charge in [-0.15, -0.1) is 11.3 Å². The van der Waals surface area contributed by atoms with Crippen molar-refractivity contribution in [3.05, 3.63) is 81.5 Å². The SMILES string of the molecule is Cc1ccc2c(c1)[C@]1(C(=O)N2)N2CCC[C@H]2[C@@H](C(=O)c2cccs2)[C@@]12C(=O)Nc1ccccc12. The number of thiophene rings is 1. The second kappa shape index (κ2) is 6.64. The number of carbonyl (C=O) groups is 3. The first-order chi connectivity index (χ1) is 16.5. The molecule has 0 aliphatic carbocycles. The lowest BCUT2D eigenvalue weighted by Crippen LogP contribution is -2.62. The highest BCUT2D eigenvalue weighted by Crippen LogP contribution is 2.67. The van der Waals surface area contributed by atoms with E-state index in [9.17, 15) is 14.4 Å². The number of para-hydroxylation sites is 1. The van der Waals surface area contributed by atoms with Crippen LogP contribution in [-0.2, 0) is 20.5 Å². The highest BCUT2D eigenvalue weighted by atomic mass is 32.1. The Bertz CT molecular complexity index is 1400. The first-order valence-electron chi connectivity index (χ1n) is 11.7. The topological polar surface area (TPSA) is 78.5 Å². The molecule has 2 N–H and O–H groups in total. The number of nitrogens with one attached hydrogen (secondary N) is 2. The summed E-state index contributed by atoms with van der Waals surface area (Å²) < 4.78 is 0. The number of hydrogen-bond donors (Lipinski definition) is 2. The molecule has 2 spiro atoms. The average Bonchev–Trinajstić information content (AvgIpc) is 3.62. The van der Waals surface area contributed by atoms with E-state index in [4.69, 9.17) is 0 Å². The number of Topliss-reactive ketones (excluding diaryl/α,β-unsaturated/α-hetero) is 1. The predicted molar refractivity (Wildman–Crippen MR) is 130 cm³/mol. The summed E-state index contributed by atoms with van der Waals surface area (Å²) >= 11 is 1.40. The Labute approximate surface area is 201 Å². The van der Waals surface area contributed by atoms with Crippen molar-refractivity contribution in [3.8, 4) is 0 Å². The summed E-state index contributed by atoms with van der Waals surface area (Å²) in [6.07, 6.45) is 1.66. The van der Waals surface area contributed by atoms with Crippen molar-refractivity contribution in [3.63, 3.8) is 0 Å². The second-order valence-electron chi connectivity index (χ2n) is 9.74. The van der Waals surface area contributed by atoms with Crippen molar-refractivity contribution in [2.75, 3.05) is 17.2 Å². The molecular formula is C27H23N3O3S. The molecule has 2 saturated heterocycles. The number of benzene rings is 2. The van der Waals surface area contributed by atoms with E-state index in [0.717, 1.165) is 35.2 Å². The van der Waals surface area contributed by atoms with Crippen LogP contribution in [0.3, 0.4) is 0 Å². The van der Waals surface area contributed by atoms with Gasteiger partial charge < -0.3 is 10.6 Å². The normalized spacial score (nSPS) is 31.0. The molecule has 0 unspecified atom stereocenters. The molecule has 5 heterocycles. The number of hydrogen-bond acceptors (Lipinski definition) is 5. The maximum atomic E-state index is 14.3. The minimum Gasteiger partial charge on any atom is -0.325 e. The number of amides is 2. The third-order valence-electron chi connectivity index (χ3n) is 8.30. The van der Waals surface area contributed by atoms with Crippen LogP contribution in [0.15, 0.2) is 60.0 Å². The van der Waals surface area contributed by atoms with Gasteiger partial charge in [-0.3, -0.25) is 19.3 Å². The van der Waals surface area contributed by atoms with Crippen LogP contribution >= 0.6 is 11.3 Å². The van der Waals surface area contributed by atoms with Crippen LogP contribution in [-0.4, -0.2) is 35.1 Å². The van der Waals surface area contributed by atoms with Crippen molar-refractivity contribution >= 4 is 40.3 Å². The lowest BCUT2D eigenvalue weighted by atomic mass is 9.57. The van der Waals surface area contributed by atoms with Gasteiger partial charge in [-0.1, -0.05) is 42.0 Å². The summed E-state index contributed by atoms with van der Waals surface area (Å²) in [6.45, 7) is 2.66. The molecule has 7 heteroatoms. The summed E-state index contributed by atoms with van der Waals surface area (Å²) in [5, 5.41) is 8.06. The van der Waals surface area contributed by atoms with E-state index < -0.39 is 16.9 Å². The minimum absolute atomic E-state index is 0.0514. The first kappa shape index (κ1) is 20.1. The molecule has 4 aliphatic rings. The lowest BCUT2D eigenvalue weighted by molar-refractivity contribution is -0.137. The molecule has 0 saturated carbocycles. The Morgan fingerprint density at radius 3 is 2.62 bits per heavy atom. The van der Waals surface area contributed by atoms with Crippen LogP contribution < -0.4 is 10.6 Å². The summed E-state index contributed by atoms with van der Waals surface area (Å²) in [5.41, 5.74) is 1.32. The van der Waals surface area contributed by atoms with E-state index in [0.29, 0.717) is 17.1 Å². The minimum atomic E-state index is -1.36. The van der Waals surface area contributed by atoms with Gasteiger partial charge in [-0.25, -0.2) is 0 Å². The summed E-state index contributed by atoms with van der Waals surface area (Å²) in [5.74, 6) is -1.20. The largest absolute Gasteiger partial charge is 0.325 e. The van der Waals surface area contributed by atoms with Crippen LogP contribution in [0.5, 0.6) is 0 Å². The fourth-order valence-corrected chi connectivity index (χ4v) is 7.97. The molecule has 2 amide bonds. The van der Waals surface area contributed by atoms with Gasteiger partial charge in [0.25, 0.3) is 5.91 Å². The molecule has 2 fully saturated rings. The maximum absolute atomic E-state index is 14.3. The van der Waals surface area contributed by atoms with Crippen molar-refractivity contribution in [1.82, 2.24) is 4.90 Å². The Morgan fingerprint density at radius 1 is 1.00 bits per heavy atom. The van der Waals surface area contributed by atoms with Crippen molar-refractivity contribution in [2.24, 2.45) is 5.92 Å². The van der Waals surface area contributed by atoms with E-state index in [2.05, 4.69) is 15.5 Å². The van der Waals surface area contributed by atoms with Crippen LogP contribution in [0.4, 0.5) is 11.4 Å². The summed E-state index contributed by atoms with van der Waals surface area (Å²) in [7, 11) is 0. The summed E-state index contributed by atoms with van der Waals surface area (Å²) in [6, 6.07) is 17.0. The molecular weight excluding hydrogens is 446 g/mol. The molecule has 34 heavy (non-hydrogen) atoms. The Kier molecular flexibility index (Phi) is 3.93. The van der Waals surface area contributed by atoms with E-state index in [1.165, 1.54) is 11.3 Å². The molecule has 4 atom stereocenters. The predicted octanol–water partition coefficient (Wildman–Crippen LogP) is 4.07. The van der Waals surface area contributed by atoms with Crippen molar-refractivity contribution in [1.29, 1.82) is 0 Å². The molecule has 1 aromatic heterocycles. The number of nitrogens with zero attached hydrogens (tertiary/aromatic N) is 1. The van der Waals surface area contributed by atoms with Gasteiger partial charge in [0.2, 0.25) is 5.91 Å². The zero-order valence-corrected chi connectivity index (χ0v) is 19.4.